The lowest BCUT2D eigenvalue weighted by Gasteiger charge is -2.27. The molecule has 0 aliphatic carbocycles. The fourth-order valence-electron chi connectivity index (χ4n) is 1.92. The van der Waals surface area contributed by atoms with Gasteiger partial charge >= 0.3 is 0 Å². The van der Waals surface area contributed by atoms with Crippen LogP contribution in [0.15, 0.2) is 0 Å². The van der Waals surface area contributed by atoms with Crippen molar-refractivity contribution in [1.82, 2.24) is 20.4 Å². The summed E-state index contributed by atoms with van der Waals surface area (Å²) < 4.78 is 0. The zero-order valence-corrected chi connectivity index (χ0v) is 11.3. The Labute approximate surface area is 105 Å². The van der Waals surface area contributed by atoms with Crippen LogP contribution in [-0.2, 0) is 4.79 Å². The van der Waals surface area contributed by atoms with Gasteiger partial charge in [-0.1, -0.05) is 0 Å². The minimum atomic E-state index is 0.151. The molecule has 1 saturated heterocycles. The molecule has 5 nitrogen and oxygen atoms in total. The Kier molecular flexibility index (Phi) is 6.47. The highest BCUT2D eigenvalue weighted by Crippen LogP contribution is 1.95. The molecule has 1 aliphatic rings. The summed E-state index contributed by atoms with van der Waals surface area (Å²) in [5, 5.41) is 6.34. The van der Waals surface area contributed by atoms with Crippen molar-refractivity contribution < 1.29 is 4.79 Å². The van der Waals surface area contributed by atoms with Gasteiger partial charge in [0.05, 0.1) is 6.54 Å². The van der Waals surface area contributed by atoms with Gasteiger partial charge in [0.25, 0.3) is 0 Å². The van der Waals surface area contributed by atoms with Gasteiger partial charge in [0.2, 0.25) is 5.91 Å². The smallest absolute Gasteiger partial charge is 0.234 e. The van der Waals surface area contributed by atoms with E-state index in [9.17, 15) is 4.79 Å². The van der Waals surface area contributed by atoms with Gasteiger partial charge in [-0.3, -0.25) is 9.69 Å². The molecule has 1 heterocycles. The van der Waals surface area contributed by atoms with E-state index in [0.717, 1.165) is 39.1 Å². The van der Waals surface area contributed by atoms with E-state index < -0.39 is 0 Å². The molecule has 5 heteroatoms. The monoisotopic (exact) mass is 242 g/mol. The molecule has 1 amide bonds. The molecule has 1 unspecified atom stereocenters. The summed E-state index contributed by atoms with van der Waals surface area (Å²) >= 11 is 0. The molecule has 1 rings (SSSR count). The lowest BCUT2D eigenvalue weighted by atomic mass is 10.2. The largest absolute Gasteiger partial charge is 0.352 e. The van der Waals surface area contributed by atoms with Crippen LogP contribution in [0.1, 0.15) is 13.3 Å². The first kappa shape index (κ1) is 14.4. The summed E-state index contributed by atoms with van der Waals surface area (Å²) in [6.07, 6.45) is 1.00. The summed E-state index contributed by atoms with van der Waals surface area (Å²) in [7, 11) is 4.10. The second kappa shape index (κ2) is 7.63. The van der Waals surface area contributed by atoms with E-state index in [1.165, 1.54) is 0 Å². The van der Waals surface area contributed by atoms with Crippen molar-refractivity contribution in [3.63, 3.8) is 0 Å². The molecular formula is C12H26N4O. The topological polar surface area (TPSA) is 47.6 Å². The minimum Gasteiger partial charge on any atom is -0.352 e. The summed E-state index contributed by atoms with van der Waals surface area (Å²) in [6.45, 7) is 7.54. The Hall–Kier alpha value is -0.650. The van der Waals surface area contributed by atoms with Gasteiger partial charge in [0.15, 0.2) is 0 Å². The van der Waals surface area contributed by atoms with Crippen LogP contribution in [0.3, 0.4) is 0 Å². The quantitative estimate of drug-likeness (QED) is 0.650. The summed E-state index contributed by atoms with van der Waals surface area (Å²) in [5.41, 5.74) is 0. The maximum absolute atomic E-state index is 11.8. The summed E-state index contributed by atoms with van der Waals surface area (Å²) in [5.74, 6) is 0.151. The number of piperazine rings is 1. The highest BCUT2D eigenvalue weighted by Gasteiger charge is 2.14. The Balaban J connectivity index is 2.14. The lowest BCUT2D eigenvalue weighted by Crippen LogP contribution is -2.48. The maximum Gasteiger partial charge on any atom is 0.234 e. The number of carbonyl (C=O) groups excluding carboxylic acids is 1. The van der Waals surface area contributed by atoms with Crippen molar-refractivity contribution in [2.45, 2.75) is 19.4 Å². The molecule has 100 valence electrons. The number of amides is 1. The first-order valence-corrected chi connectivity index (χ1v) is 6.45. The van der Waals surface area contributed by atoms with Crippen LogP contribution in [0.4, 0.5) is 0 Å². The molecule has 0 saturated carbocycles. The molecule has 1 fully saturated rings. The van der Waals surface area contributed by atoms with Gasteiger partial charge in [-0.25, -0.2) is 0 Å². The normalized spacial score (nSPS) is 19.3. The van der Waals surface area contributed by atoms with E-state index in [1.807, 2.05) is 0 Å². The van der Waals surface area contributed by atoms with E-state index in [1.54, 1.807) is 0 Å². The Morgan fingerprint density at radius 1 is 1.41 bits per heavy atom. The first-order chi connectivity index (χ1) is 8.08. The molecule has 0 aromatic carbocycles. The van der Waals surface area contributed by atoms with Crippen molar-refractivity contribution in [1.29, 1.82) is 0 Å². The molecular weight excluding hydrogens is 216 g/mol. The van der Waals surface area contributed by atoms with Gasteiger partial charge in [0.1, 0.15) is 0 Å². The van der Waals surface area contributed by atoms with E-state index in [0.29, 0.717) is 6.54 Å². The number of hydrogen-bond acceptors (Lipinski definition) is 4. The van der Waals surface area contributed by atoms with Crippen molar-refractivity contribution >= 4 is 5.91 Å². The zero-order valence-electron chi connectivity index (χ0n) is 11.3. The molecule has 2 N–H and O–H groups in total. The van der Waals surface area contributed by atoms with Crippen LogP contribution >= 0.6 is 0 Å². The fourth-order valence-corrected chi connectivity index (χ4v) is 1.92. The van der Waals surface area contributed by atoms with Crippen molar-refractivity contribution in [3.8, 4) is 0 Å². The second-order valence-electron chi connectivity index (χ2n) is 5.09. The number of hydrogen-bond donors (Lipinski definition) is 2. The van der Waals surface area contributed by atoms with E-state index in [-0.39, 0.29) is 11.9 Å². The first-order valence-electron chi connectivity index (χ1n) is 6.45. The Morgan fingerprint density at radius 3 is 2.65 bits per heavy atom. The van der Waals surface area contributed by atoms with Gasteiger partial charge < -0.3 is 15.5 Å². The zero-order chi connectivity index (χ0) is 12.7. The van der Waals surface area contributed by atoms with Crippen molar-refractivity contribution in [3.05, 3.63) is 0 Å². The minimum absolute atomic E-state index is 0.151. The number of carbonyl (C=O) groups is 1. The molecule has 17 heavy (non-hydrogen) atoms. The van der Waals surface area contributed by atoms with E-state index >= 15 is 0 Å². The average Bonchev–Trinajstić information content (AvgIpc) is 2.27. The fraction of sp³-hybridized carbons (Fsp3) is 0.917. The number of nitrogens with zero attached hydrogens (tertiary/aromatic N) is 2. The van der Waals surface area contributed by atoms with Gasteiger partial charge in [-0.05, 0) is 34.0 Å². The summed E-state index contributed by atoms with van der Waals surface area (Å²) in [6, 6.07) is 0.257. The molecule has 0 bridgehead atoms. The number of rotatable bonds is 6. The average molecular weight is 242 g/mol. The third-order valence-corrected chi connectivity index (χ3v) is 2.99. The van der Waals surface area contributed by atoms with Crippen LogP contribution in [0.25, 0.3) is 0 Å². The third kappa shape index (κ3) is 6.61. The summed E-state index contributed by atoms with van der Waals surface area (Å²) in [4.78, 5) is 16.1. The predicted molar refractivity (Wildman–Crippen MR) is 70.1 cm³/mol. The van der Waals surface area contributed by atoms with Crippen LogP contribution in [0, 0.1) is 0 Å². The molecule has 1 atom stereocenters. The van der Waals surface area contributed by atoms with Crippen LogP contribution < -0.4 is 10.6 Å². The Morgan fingerprint density at radius 2 is 2.06 bits per heavy atom. The molecule has 0 aromatic heterocycles. The van der Waals surface area contributed by atoms with E-state index in [4.69, 9.17) is 0 Å². The second-order valence-corrected chi connectivity index (χ2v) is 5.09. The highest BCUT2D eigenvalue weighted by molar-refractivity contribution is 5.78. The molecule has 0 spiro atoms. The third-order valence-electron chi connectivity index (χ3n) is 2.99. The van der Waals surface area contributed by atoms with Gasteiger partial charge in [0, 0.05) is 32.2 Å². The molecule has 0 radical (unpaired) electrons. The molecule has 1 aliphatic heterocycles. The van der Waals surface area contributed by atoms with Crippen LogP contribution in [0.5, 0.6) is 0 Å². The number of nitrogens with one attached hydrogen (secondary N) is 2. The standard InChI is InChI=1S/C12H26N4O/c1-11(4-7-15(2)3)14-12(17)10-16-8-5-13-6-9-16/h11,13H,4-10H2,1-3H3,(H,14,17). The lowest BCUT2D eigenvalue weighted by molar-refractivity contribution is -0.123. The SMILES string of the molecule is CC(CCN(C)C)NC(=O)CN1CCNCC1. The van der Waals surface area contributed by atoms with Gasteiger partial charge in [-0.15, -0.1) is 0 Å². The van der Waals surface area contributed by atoms with Crippen molar-refractivity contribution in [2.24, 2.45) is 0 Å². The maximum atomic E-state index is 11.8. The van der Waals surface area contributed by atoms with Gasteiger partial charge in [-0.2, -0.15) is 0 Å². The highest BCUT2D eigenvalue weighted by atomic mass is 16.2. The molecule has 0 aromatic rings. The van der Waals surface area contributed by atoms with Crippen LogP contribution in [0.2, 0.25) is 0 Å². The van der Waals surface area contributed by atoms with Crippen LogP contribution in [-0.4, -0.2) is 75.1 Å². The predicted octanol–water partition coefficient (Wildman–Crippen LogP) is -0.652. The Bertz CT molecular complexity index is 227. The van der Waals surface area contributed by atoms with Crippen molar-refractivity contribution in [2.75, 3.05) is 53.4 Å². The van der Waals surface area contributed by atoms with E-state index in [2.05, 4.69) is 41.5 Å².